The topological polar surface area (TPSA) is 32.3 Å². The van der Waals surface area contributed by atoms with E-state index in [-0.39, 0.29) is 5.92 Å². The first-order valence-electron chi connectivity index (χ1n) is 7.56. The largest absolute Gasteiger partial charge is 0.342 e. The van der Waals surface area contributed by atoms with Crippen LogP contribution in [0.3, 0.4) is 0 Å². The molecule has 0 radical (unpaired) electrons. The summed E-state index contributed by atoms with van der Waals surface area (Å²) in [5, 5.41) is 3.45. The van der Waals surface area contributed by atoms with Crippen molar-refractivity contribution in [2.75, 3.05) is 26.2 Å². The molecule has 1 heterocycles. The lowest BCUT2D eigenvalue weighted by atomic mass is 9.57. The van der Waals surface area contributed by atoms with E-state index in [0.29, 0.717) is 11.3 Å². The minimum Gasteiger partial charge on any atom is -0.342 e. The summed E-state index contributed by atoms with van der Waals surface area (Å²) < 4.78 is 0. The first-order valence-corrected chi connectivity index (χ1v) is 7.56. The summed E-state index contributed by atoms with van der Waals surface area (Å²) in [6.45, 7) is 10.4. The van der Waals surface area contributed by atoms with E-state index < -0.39 is 0 Å². The van der Waals surface area contributed by atoms with Crippen molar-refractivity contribution in [2.24, 2.45) is 17.3 Å². The van der Waals surface area contributed by atoms with Crippen LogP contribution >= 0.6 is 0 Å². The fraction of sp³-hybridized carbons (Fsp3) is 0.933. The summed E-state index contributed by atoms with van der Waals surface area (Å²) in [4.78, 5) is 14.0. The average molecular weight is 252 g/mol. The Kier molecular flexibility index (Phi) is 4.31. The lowest BCUT2D eigenvalue weighted by Crippen LogP contribution is -2.51. The van der Waals surface area contributed by atoms with Crippen LogP contribution in [0.1, 0.15) is 46.5 Å². The fourth-order valence-electron chi connectivity index (χ4n) is 3.63. The van der Waals surface area contributed by atoms with Crippen LogP contribution in [0, 0.1) is 17.3 Å². The third kappa shape index (κ3) is 2.87. The highest BCUT2D eigenvalue weighted by Crippen LogP contribution is 2.52. The van der Waals surface area contributed by atoms with Crippen LogP contribution < -0.4 is 5.32 Å². The summed E-state index contributed by atoms with van der Waals surface area (Å²) in [5.41, 5.74) is 0.591. The van der Waals surface area contributed by atoms with Gasteiger partial charge in [-0.15, -0.1) is 0 Å². The maximum Gasteiger partial charge on any atom is 0.225 e. The van der Waals surface area contributed by atoms with E-state index in [2.05, 4.69) is 17.1 Å². The quantitative estimate of drug-likeness (QED) is 0.832. The standard InChI is InChI=1S/C15H28N2O/c1-4-16-11-13-9-15(10-13)5-7-17(8-6-15)14(18)12(2)3/h12-13,16H,4-11H2,1-3H3. The summed E-state index contributed by atoms with van der Waals surface area (Å²) in [6, 6.07) is 0. The van der Waals surface area contributed by atoms with Crippen LogP contribution in [0.25, 0.3) is 0 Å². The van der Waals surface area contributed by atoms with Gasteiger partial charge in [0.25, 0.3) is 0 Å². The summed E-state index contributed by atoms with van der Waals surface area (Å²) in [7, 11) is 0. The molecule has 1 amide bonds. The zero-order chi connectivity index (χ0) is 13.2. The van der Waals surface area contributed by atoms with Gasteiger partial charge in [0.15, 0.2) is 0 Å². The van der Waals surface area contributed by atoms with Gasteiger partial charge < -0.3 is 10.2 Å². The van der Waals surface area contributed by atoms with Gasteiger partial charge in [0.05, 0.1) is 0 Å². The number of piperidine rings is 1. The number of nitrogens with one attached hydrogen (secondary N) is 1. The second-order valence-electron chi connectivity index (χ2n) is 6.56. The lowest BCUT2D eigenvalue weighted by molar-refractivity contribution is -0.138. The van der Waals surface area contributed by atoms with Crippen molar-refractivity contribution in [1.29, 1.82) is 0 Å². The number of hydrogen-bond donors (Lipinski definition) is 1. The van der Waals surface area contributed by atoms with Gasteiger partial charge in [0.2, 0.25) is 5.91 Å². The minimum absolute atomic E-state index is 0.155. The molecule has 18 heavy (non-hydrogen) atoms. The number of likely N-dealkylation sites (tertiary alicyclic amines) is 1. The predicted octanol–water partition coefficient (Wildman–Crippen LogP) is 2.27. The number of nitrogens with zero attached hydrogens (tertiary/aromatic N) is 1. The van der Waals surface area contributed by atoms with Gasteiger partial charge in [-0.25, -0.2) is 0 Å². The molecule has 1 saturated heterocycles. The van der Waals surface area contributed by atoms with Crippen molar-refractivity contribution in [1.82, 2.24) is 10.2 Å². The van der Waals surface area contributed by atoms with E-state index in [1.807, 2.05) is 13.8 Å². The minimum atomic E-state index is 0.155. The van der Waals surface area contributed by atoms with Crippen molar-refractivity contribution in [3.63, 3.8) is 0 Å². The molecule has 1 spiro atoms. The van der Waals surface area contributed by atoms with E-state index in [1.54, 1.807) is 0 Å². The molecule has 1 aliphatic carbocycles. The van der Waals surface area contributed by atoms with Crippen LogP contribution in [0.15, 0.2) is 0 Å². The van der Waals surface area contributed by atoms with Crippen LogP contribution in [-0.4, -0.2) is 37.0 Å². The molecular formula is C15H28N2O. The summed E-state index contributed by atoms with van der Waals surface area (Å²) >= 11 is 0. The Balaban J connectivity index is 1.73. The Bertz CT molecular complexity index is 285. The molecule has 0 aromatic carbocycles. The highest BCUT2D eigenvalue weighted by atomic mass is 16.2. The molecule has 2 rings (SSSR count). The lowest BCUT2D eigenvalue weighted by Gasteiger charge is -2.52. The molecule has 0 aromatic heterocycles. The zero-order valence-corrected chi connectivity index (χ0v) is 12.2. The molecule has 1 saturated carbocycles. The molecule has 3 heteroatoms. The van der Waals surface area contributed by atoms with Gasteiger partial charge in [0, 0.05) is 19.0 Å². The van der Waals surface area contributed by atoms with Gasteiger partial charge in [0.1, 0.15) is 0 Å². The first kappa shape index (κ1) is 13.9. The monoisotopic (exact) mass is 252 g/mol. The van der Waals surface area contributed by atoms with E-state index in [9.17, 15) is 4.79 Å². The zero-order valence-electron chi connectivity index (χ0n) is 12.2. The molecule has 104 valence electrons. The van der Waals surface area contributed by atoms with Crippen molar-refractivity contribution in [3.05, 3.63) is 0 Å². The Morgan fingerprint density at radius 3 is 2.44 bits per heavy atom. The van der Waals surface area contributed by atoms with Crippen LogP contribution in [0.2, 0.25) is 0 Å². The van der Waals surface area contributed by atoms with Crippen LogP contribution in [0.4, 0.5) is 0 Å². The normalized spacial score (nSPS) is 23.4. The molecule has 0 atom stereocenters. The summed E-state index contributed by atoms with van der Waals surface area (Å²) in [5.74, 6) is 1.38. The predicted molar refractivity (Wildman–Crippen MR) is 74.4 cm³/mol. The van der Waals surface area contributed by atoms with Crippen LogP contribution in [-0.2, 0) is 4.79 Å². The molecule has 0 aromatic rings. The first-order chi connectivity index (χ1) is 8.56. The maximum absolute atomic E-state index is 11.9. The fourth-order valence-corrected chi connectivity index (χ4v) is 3.63. The molecule has 1 N–H and O–H groups in total. The van der Waals surface area contributed by atoms with E-state index in [0.717, 1.165) is 25.6 Å². The molecule has 3 nitrogen and oxygen atoms in total. The third-order valence-electron chi connectivity index (χ3n) is 4.76. The van der Waals surface area contributed by atoms with E-state index >= 15 is 0 Å². The average Bonchev–Trinajstić information content (AvgIpc) is 2.33. The van der Waals surface area contributed by atoms with Gasteiger partial charge in [-0.3, -0.25) is 4.79 Å². The summed E-state index contributed by atoms with van der Waals surface area (Å²) in [6.07, 6.45) is 5.22. The Labute approximate surface area is 111 Å². The van der Waals surface area contributed by atoms with E-state index in [4.69, 9.17) is 0 Å². The molecule has 0 unspecified atom stereocenters. The molecule has 2 fully saturated rings. The second kappa shape index (κ2) is 5.60. The molecular weight excluding hydrogens is 224 g/mol. The van der Waals surface area contributed by atoms with Gasteiger partial charge in [-0.1, -0.05) is 20.8 Å². The van der Waals surface area contributed by atoms with Crippen molar-refractivity contribution in [3.8, 4) is 0 Å². The Morgan fingerprint density at radius 2 is 1.94 bits per heavy atom. The Hall–Kier alpha value is -0.570. The highest BCUT2D eigenvalue weighted by molar-refractivity contribution is 5.78. The third-order valence-corrected chi connectivity index (χ3v) is 4.76. The number of carbonyl (C=O) groups is 1. The SMILES string of the molecule is CCNCC1CC2(CCN(C(=O)C(C)C)CC2)C1. The van der Waals surface area contributed by atoms with Crippen molar-refractivity contribution in [2.45, 2.75) is 46.5 Å². The Morgan fingerprint density at radius 1 is 1.33 bits per heavy atom. The molecule has 0 bridgehead atoms. The number of amides is 1. The maximum atomic E-state index is 11.9. The number of hydrogen-bond acceptors (Lipinski definition) is 2. The van der Waals surface area contributed by atoms with Gasteiger partial charge in [-0.05, 0) is 50.1 Å². The van der Waals surface area contributed by atoms with Gasteiger partial charge >= 0.3 is 0 Å². The van der Waals surface area contributed by atoms with Crippen molar-refractivity contribution >= 4 is 5.91 Å². The van der Waals surface area contributed by atoms with Crippen LogP contribution in [0.5, 0.6) is 0 Å². The molecule has 1 aliphatic heterocycles. The van der Waals surface area contributed by atoms with Gasteiger partial charge in [-0.2, -0.15) is 0 Å². The highest BCUT2D eigenvalue weighted by Gasteiger charge is 2.45. The van der Waals surface area contributed by atoms with Crippen molar-refractivity contribution < 1.29 is 4.79 Å². The number of carbonyl (C=O) groups excluding carboxylic acids is 1. The molecule has 2 aliphatic rings. The van der Waals surface area contributed by atoms with E-state index in [1.165, 1.54) is 32.2 Å². The second-order valence-corrected chi connectivity index (χ2v) is 6.56. The number of rotatable bonds is 4. The smallest absolute Gasteiger partial charge is 0.225 e.